The van der Waals surface area contributed by atoms with E-state index in [2.05, 4.69) is 10.3 Å². The van der Waals surface area contributed by atoms with Crippen molar-refractivity contribution >= 4 is 17.2 Å². The number of rotatable bonds is 4. The van der Waals surface area contributed by atoms with E-state index in [1.54, 1.807) is 18.3 Å². The van der Waals surface area contributed by atoms with Crippen LogP contribution in [0.4, 0.5) is 0 Å². The van der Waals surface area contributed by atoms with Crippen molar-refractivity contribution in [3.05, 3.63) is 52.0 Å². The fraction of sp³-hybridized carbons (Fsp3) is 0.231. The molecule has 0 aliphatic rings. The number of aromatic nitrogens is 1. The summed E-state index contributed by atoms with van der Waals surface area (Å²) in [5.74, 6) is -0.0960. The molecule has 1 aromatic carbocycles. The highest BCUT2D eigenvalue weighted by molar-refractivity contribution is 7.09. The molecule has 0 aliphatic heterocycles. The third-order valence-corrected chi connectivity index (χ3v) is 3.58. The minimum Gasteiger partial charge on any atom is -0.343 e. The molecule has 2 aromatic rings. The van der Waals surface area contributed by atoms with Crippen molar-refractivity contribution in [3.8, 4) is 0 Å². The van der Waals surface area contributed by atoms with Crippen molar-refractivity contribution in [2.75, 3.05) is 0 Å². The lowest BCUT2D eigenvalue weighted by Crippen LogP contribution is -2.26. The number of hydrogen-bond donors (Lipinski definition) is 2. The van der Waals surface area contributed by atoms with Crippen LogP contribution in [0.3, 0.4) is 0 Å². The second kappa shape index (κ2) is 5.75. The van der Waals surface area contributed by atoms with E-state index in [9.17, 15) is 4.79 Å². The number of nitrogens with two attached hydrogens (primary N) is 1. The fourth-order valence-corrected chi connectivity index (χ4v) is 2.23. The van der Waals surface area contributed by atoms with E-state index in [1.807, 2.05) is 24.4 Å². The van der Waals surface area contributed by atoms with Gasteiger partial charge in [0.25, 0.3) is 5.91 Å². The Morgan fingerprint density at radius 2 is 2.17 bits per heavy atom. The maximum atomic E-state index is 12.0. The summed E-state index contributed by atoms with van der Waals surface area (Å²) in [7, 11) is 0. The smallest absolute Gasteiger partial charge is 0.251 e. The van der Waals surface area contributed by atoms with Gasteiger partial charge in [0.1, 0.15) is 5.01 Å². The number of nitrogens with zero attached hydrogens (tertiary/aromatic N) is 1. The van der Waals surface area contributed by atoms with Crippen molar-refractivity contribution in [1.29, 1.82) is 0 Å². The van der Waals surface area contributed by atoms with E-state index in [1.165, 1.54) is 11.3 Å². The van der Waals surface area contributed by atoms with Crippen molar-refractivity contribution in [3.63, 3.8) is 0 Å². The summed E-state index contributed by atoms with van der Waals surface area (Å²) in [4.78, 5) is 16.2. The molecule has 0 fully saturated rings. The summed E-state index contributed by atoms with van der Waals surface area (Å²) in [6, 6.07) is 7.22. The van der Waals surface area contributed by atoms with Gasteiger partial charge in [0.2, 0.25) is 0 Å². The molecular weight excluding hydrogens is 246 g/mol. The number of carbonyl (C=O) groups excluding carboxylic acids is 1. The van der Waals surface area contributed by atoms with Gasteiger partial charge >= 0.3 is 0 Å². The first kappa shape index (κ1) is 12.7. The van der Waals surface area contributed by atoms with Crippen LogP contribution in [0.1, 0.15) is 33.9 Å². The van der Waals surface area contributed by atoms with E-state index < -0.39 is 0 Å². The SMILES string of the molecule is CC(NC(=O)c1ccc(CN)cc1)c1nccs1. The van der Waals surface area contributed by atoms with Crippen LogP contribution in [0.2, 0.25) is 0 Å². The van der Waals surface area contributed by atoms with Crippen LogP contribution < -0.4 is 11.1 Å². The molecule has 1 amide bonds. The molecule has 2 rings (SSSR count). The second-order valence-corrected chi connectivity index (χ2v) is 4.89. The van der Waals surface area contributed by atoms with Gasteiger partial charge in [-0.15, -0.1) is 11.3 Å². The molecule has 0 aliphatic carbocycles. The number of hydrogen-bond acceptors (Lipinski definition) is 4. The van der Waals surface area contributed by atoms with E-state index in [4.69, 9.17) is 5.73 Å². The molecular formula is C13H15N3OS. The highest BCUT2D eigenvalue weighted by Crippen LogP contribution is 2.15. The Hall–Kier alpha value is -1.72. The average molecular weight is 261 g/mol. The molecule has 5 heteroatoms. The first-order chi connectivity index (χ1) is 8.70. The number of amides is 1. The lowest BCUT2D eigenvalue weighted by atomic mass is 10.1. The number of benzene rings is 1. The summed E-state index contributed by atoms with van der Waals surface area (Å²) in [6.45, 7) is 2.41. The van der Waals surface area contributed by atoms with Gasteiger partial charge in [-0.05, 0) is 24.6 Å². The van der Waals surface area contributed by atoms with Crippen molar-refractivity contribution < 1.29 is 4.79 Å². The van der Waals surface area contributed by atoms with Gasteiger partial charge in [-0.1, -0.05) is 12.1 Å². The highest BCUT2D eigenvalue weighted by Gasteiger charge is 2.12. The van der Waals surface area contributed by atoms with Crippen LogP contribution >= 0.6 is 11.3 Å². The molecule has 1 unspecified atom stereocenters. The zero-order valence-electron chi connectivity index (χ0n) is 10.1. The van der Waals surface area contributed by atoms with E-state index in [0.29, 0.717) is 12.1 Å². The number of nitrogens with one attached hydrogen (secondary N) is 1. The Kier molecular flexibility index (Phi) is 4.07. The van der Waals surface area contributed by atoms with Crippen LogP contribution in [-0.2, 0) is 6.54 Å². The maximum Gasteiger partial charge on any atom is 0.251 e. The lowest BCUT2D eigenvalue weighted by Gasteiger charge is -2.11. The Bertz CT molecular complexity index is 508. The largest absolute Gasteiger partial charge is 0.343 e. The summed E-state index contributed by atoms with van der Waals surface area (Å²) < 4.78 is 0. The molecule has 0 spiro atoms. The molecule has 4 nitrogen and oxygen atoms in total. The van der Waals surface area contributed by atoms with Crippen LogP contribution in [-0.4, -0.2) is 10.9 Å². The minimum absolute atomic E-state index is 0.0771. The summed E-state index contributed by atoms with van der Waals surface area (Å²) >= 11 is 1.53. The molecule has 94 valence electrons. The van der Waals surface area contributed by atoms with Gasteiger partial charge < -0.3 is 11.1 Å². The van der Waals surface area contributed by atoms with Gasteiger partial charge in [-0.2, -0.15) is 0 Å². The molecule has 0 saturated heterocycles. The van der Waals surface area contributed by atoms with Gasteiger partial charge in [0, 0.05) is 23.7 Å². The third-order valence-electron chi connectivity index (χ3n) is 2.62. The Morgan fingerprint density at radius 1 is 1.44 bits per heavy atom. The maximum absolute atomic E-state index is 12.0. The van der Waals surface area contributed by atoms with Crippen molar-refractivity contribution in [2.24, 2.45) is 5.73 Å². The minimum atomic E-state index is -0.0960. The normalized spacial score (nSPS) is 12.1. The van der Waals surface area contributed by atoms with Gasteiger partial charge in [0.15, 0.2) is 0 Å². The molecule has 3 N–H and O–H groups in total. The molecule has 1 atom stereocenters. The summed E-state index contributed by atoms with van der Waals surface area (Å²) in [6.07, 6.45) is 1.73. The standard InChI is InChI=1S/C13H15N3OS/c1-9(13-15-6-7-18-13)16-12(17)11-4-2-10(8-14)3-5-11/h2-7,9H,8,14H2,1H3,(H,16,17). The monoisotopic (exact) mass is 261 g/mol. The zero-order valence-corrected chi connectivity index (χ0v) is 10.9. The summed E-state index contributed by atoms with van der Waals surface area (Å²) in [5, 5.41) is 5.72. The molecule has 0 bridgehead atoms. The average Bonchev–Trinajstić information content (AvgIpc) is 2.92. The molecule has 0 saturated carbocycles. The second-order valence-electron chi connectivity index (χ2n) is 3.97. The van der Waals surface area contributed by atoms with Gasteiger partial charge in [-0.25, -0.2) is 4.98 Å². The molecule has 1 heterocycles. The van der Waals surface area contributed by atoms with Crippen molar-refractivity contribution in [1.82, 2.24) is 10.3 Å². The first-order valence-corrected chi connectivity index (χ1v) is 6.58. The van der Waals surface area contributed by atoms with Crippen LogP contribution in [0, 0.1) is 0 Å². The van der Waals surface area contributed by atoms with Gasteiger partial charge in [-0.3, -0.25) is 4.79 Å². The Balaban J connectivity index is 2.03. The van der Waals surface area contributed by atoms with E-state index in [0.717, 1.165) is 10.6 Å². The predicted molar refractivity (Wildman–Crippen MR) is 72.3 cm³/mol. The molecule has 1 aromatic heterocycles. The van der Waals surface area contributed by atoms with Crippen LogP contribution in [0.5, 0.6) is 0 Å². The Morgan fingerprint density at radius 3 is 2.72 bits per heavy atom. The topological polar surface area (TPSA) is 68.0 Å². The molecule has 18 heavy (non-hydrogen) atoms. The highest BCUT2D eigenvalue weighted by atomic mass is 32.1. The van der Waals surface area contributed by atoms with E-state index in [-0.39, 0.29) is 11.9 Å². The quantitative estimate of drug-likeness (QED) is 0.885. The summed E-state index contributed by atoms with van der Waals surface area (Å²) in [5.41, 5.74) is 7.16. The Labute approximate surface area is 110 Å². The fourth-order valence-electron chi connectivity index (χ4n) is 1.58. The van der Waals surface area contributed by atoms with Crippen LogP contribution in [0.25, 0.3) is 0 Å². The lowest BCUT2D eigenvalue weighted by molar-refractivity contribution is 0.0940. The zero-order chi connectivity index (χ0) is 13.0. The van der Waals surface area contributed by atoms with E-state index >= 15 is 0 Å². The van der Waals surface area contributed by atoms with Crippen LogP contribution in [0.15, 0.2) is 35.8 Å². The number of carbonyl (C=O) groups is 1. The van der Waals surface area contributed by atoms with Gasteiger partial charge in [0.05, 0.1) is 6.04 Å². The van der Waals surface area contributed by atoms with Crippen molar-refractivity contribution in [2.45, 2.75) is 19.5 Å². The predicted octanol–water partition coefficient (Wildman–Crippen LogP) is 2.09. The first-order valence-electron chi connectivity index (χ1n) is 5.70. The molecule has 0 radical (unpaired) electrons. The number of thiazole rings is 1. The third kappa shape index (κ3) is 2.94.